The van der Waals surface area contributed by atoms with Crippen molar-refractivity contribution in [2.75, 3.05) is 18.6 Å². The molecule has 0 saturated carbocycles. The Bertz CT molecular complexity index is 495. The molecule has 0 radical (unpaired) electrons. The maximum atomic E-state index is 12.0. The molecule has 1 N–H and O–H groups in total. The van der Waals surface area contributed by atoms with Crippen LogP contribution in [0.4, 0.5) is 0 Å². The lowest BCUT2D eigenvalue weighted by Crippen LogP contribution is -2.33. The number of rotatable bonds is 3. The van der Waals surface area contributed by atoms with Crippen LogP contribution in [0.2, 0.25) is 0 Å². The minimum Gasteiger partial charge on any atom is -0.347 e. The van der Waals surface area contributed by atoms with Gasteiger partial charge in [0.1, 0.15) is 5.82 Å². The molecule has 2 rings (SSSR count). The van der Waals surface area contributed by atoms with E-state index in [1.165, 1.54) is 4.90 Å². The standard InChI is InChI=1S/C10H15N3O3S/c1-13(6-9-11-3-4-12-9)10(14)8-2-5-17(15,16)7-8/h3-4,8H,2,5-7H2,1H3,(H,11,12). The Kier molecular flexibility index (Phi) is 3.19. The highest BCUT2D eigenvalue weighted by Crippen LogP contribution is 2.20. The highest BCUT2D eigenvalue weighted by Gasteiger charge is 2.34. The fourth-order valence-corrected chi connectivity index (χ4v) is 3.72. The molecule has 1 aliphatic heterocycles. The zero-order chi connectivity index (χ0) is 12.5. The maximum Gasteiger partial charge on any atom is 0.226 e. The van der Waals surface area contributed by atoms with E-state index >= 15 is 0 Å². The summed E-state index contributed by atoms with van der Waals surface area (Å²) in [5.74, 6) is 0.288. The van der Waals surface area contributed by atoms with Crippen LogP contribution in [0.1, 0.15) is 12.2 Å². The van der Waals surface area contributed by atoms with Gasteiger partial charge in [-0.05, 0) is 6.42 Å². The van der Waals surface area contributed by atoms with E-state index in [1.54, 1.807) is 19.4 Å². The van der Waals surface area contributed by atoms with Crippen molar-refractivity contribution in [2.24, 2.45) is 5.92 Å². The Labute approximate surface area is 100.0 Å². The van der Waals surface area contributed by atoms with Gasteiger partial charge >= 0.3 is 0 Å². The van der Waals surface area contributed by atoms with Crippen molar-refractivity contribution in [2.45, 2.75) is 13.0 Å². The first-order valence-electron chi connectivity index (χ1n) is 5.41. The number of nitrogens with one attached hydrogen (secondary N) is 1. The molecule has 1 aromatic heterocycles. The molecule has 1 aliphatic rings. The van der Waals surface area contributed by atoms with Crippen LogP contribution in [-0.4, -0.2) is 47.7 Å². The van der Waals surface area contributed by atoms with Gasteiger partial charge < -0.3 is 9.88 Å². The number of hydrogen-bond acceptors (Lipinski definition) is 4. The van der Waals surface area contributed by atoms with Crippen molar-refractivity contribution in [3.63, 3.8) is 0 Å². The number of carbonyl (C=O) groups excluding carboxylic acids is 1. The van der Waals surface area contributed by atoms with Gasteiger partial charge in [-0.3, -0.25) is 4.79 Å². The number of nitrogens with zero attached hydrogens (tertiary/aromatic N) is 2. The number of imidazole rings is 1. The van der Waals surface area contributed by atoms with E-state index in [4.69, 9.17) is 0 Å². The number of carbonyl (C=O) groups is 1. The zero-order valence-corrected chi connectivity index (χ0v) is 10.4. The number of aromatic nitrogens is 2. The summed E-state index contributed by atoms with van der Waals surface area (Å²) in [6.07, 6.45) is 3.74. The fraction of sp³-hybridized carbons (Fsp3) is 0.600. The topological polar surface area (TPSA) is 83.1 Å². The van der Waals surface area contributed by atoms with Gasteiger partial charge in [-0.25, -0.2) is 13.4 Å². The summed E-state index contributed by atoms with van der Waals surface area (Å²) in [4.78, 5) is 20.4. The van der Waals surface area contributed by atoms with E-state index in [0.717, 1.165) is 0 Å². The lowest BCUT2D eigenvalue weighted by atomic mass is 10.1. The third-order valence-corrected chi connectivity index (χ3v) is 4.67. The van der Waals surface area contributed by atoms with Crippen molar-refractivity contribution in [1.29, 1.82) is 0 Å². The van der Waals surface area contributed by atoms with E-state index in [2.05, 4.69) is 9.97 Å². The lowest BCUT2D eigenvalue weighted by molar-refractivity contribution is -0.134. The van der Waals surface area contributed by atoms with Crippen LogP contribution in [0.5, 0.6) is 0 Å². The van der Waals surface area contributed by atoms with Crippen molar-refractivity contribution >= 4 is 15.7 Å². The minimum absolute atomic E-state index is 0.0195. The van der Waals surface area contributed by atoms with Crippen LogP contribution in [0.3, 0.4) is 0 Å². The monoisotopic (exact) mass is 257 g/mol. The summed E-state index contributed by atoms with van der Waals surface area (Å²) in [6.45, 7) is 0.377. The number of sulfone groups is 1. The van der Waals surface area contributed by atoms with E-state index in [9.17, 15) is 13.2 Å². The molecule has 6 nitrogen and oxygen atoms in total. The predicted octanol–water partition coefficient (Wildman–Crippen LogP) is -0.197. The second-order valence-corrected chi connectivity index (χ2v) is 6.56. The summed E-state index contributed by atoms with van der Waals surface area (Å²) < 4.78 is 22.6. The Morgan fingerprint density at radius 1 is 1.65 bits per heavy atom. The average Bonchev–Trinajstić information content (AvgIpc) is 2.86. The van der Waals surface area contributed by atoms with Gasteiger partial charge in [-0.2, -0.15) is 0 Å². The Hall–Kier alpha value is -1.37. The quantitative estimate of drug-likeness (QED) is 0.813. The lowest BCUT2D eigenvalue weighted by Gasteiger charge is -2.19. The third kappa shape index (κ3) is 2.85. The molecule has 0 bridgehead atoms. The zero-order valence-electron chi connectivity index (χ0n) is 9.59. The van der Waals surface area contributed by atoms with E-state index < -0.39 is 9.84 Å². The first-order chi connectivity index (χ1) is 7.98. The molecule has 1 unspecified atom stereocenters. The summed E-state index contributed by atoms with van der Waals surface area (Å²) in [6, 6.07) is 0. The van der Waals surface area contributed by atoms with Gasteiger partial charge in [0.05, 0.1) is 24.0 Å². The molecule has 1 atom stereocenters. The molecule has 1 amide bonds. The summed E-state index contributed by atoms with van der Waals surface area (Å²) >= 11 is 0. The third-order valence-electron chi connectivity index (χ3n) is 2.90. The molecule has 17 heavy (non-hydrogen) atoms. The predicted molar refractivity (Wildman–Crippen MR) is 61.8 cm³/mol. The van der Waals surface area contributed by atoms with Crippen molar-refractivity contribution < 1.29 is 13.2 Å². The number of amides is 1. The van der Waals surface area contributed by atoms with E-state index in [-0.39, 0.29) is 23.3 Å². The summed E-state index contributed by atoms with van der Waals surface area (Å²) in [5, 5.41) is 0. The minimum atomic E-state index is -3.01. The first-order valence-corrected chi connectivity index (χ1v) is 7.24. The molecular formula is C10H15N3O3S. The normalized spacial score (nSPS) is 22.5. The van der Waals surface area contributed by atoms with Gasteiger partial charge in [0.25, 0.3) is 0 Å². The smallest absolute Gasteiger partial charge is 0.226 e. The van der Waals surface area contributed by atoms with Crippen LogP contribution in [0.15, 0.2) is 12.4 Å². The van der Waals surface area contributed by atoms with Crippen LogP contribution in [-0.2, 0) is 21.2 Å². The summed E-state index contributed by atoms with van der Waals surface area (Å²) in [5.41, 5.74) is 0. The first kappa shape index (κ1) is 12.1. The van der Waals surface area contributed by atoms with Crippen LogP contribution in [0.25, 0.3) is 0 Å². The number of hydrogen-bond donors (Lipinski definition) is 1. The highest BCUT2D eigenvalue weighted by atomic mass is 32.2. The highest BCUT2D eigenvalue weighted by molar-refractivity contribution is 7.91. The van der Waals surface area contributed by atoms with Crippen LogP contribution in [0, 0.1) is 5.92 Å². The molecule has 94 valence electrons. The van der Waals surface area contributed by atoms with Crippen molar-refractivity contribution in [3.05, 3.63) is 18.2 Å². The largest absolute Gasteiger partial charge is 0.347 e. The number of H-pyrrole nitrogens is 1. The van der Waals surface area contributed by atoms with Gasteiger partial charge in [-0.1, -0.05) is 0 Å². The number of aromatic amines is 1. The van der Waals surface area contributed by atoms with Crippen LogP contribution < -0.4 is 0 Å². The molecule has 0 aliphatic carbocycles. The molecule has 2 heterocycles. The summed E-state index contributed by atoms with van der Waals surface area (Å²) in [7, 11) is -1.34. The Morgan fingerprint density at radius 2 is 2.41 bits per heavy atom. The SMILES string of the molecule is CN(Cc1ncc[nH]1)C(=O)C1CCS(=O)(=O)C1. The average molecular weight is 257 g/mol. The molecular weight excluding hydrogens is 242 g/mol. The van der Waals surface area contributed by atoms with E-state index in [1.807, 2.05) is 0 Å². The molecule has 1 fully saturated rings. The van der Waals surface area contributed by atoms with E-state index in [0.29, 0.717) is 18.8 Å². The Balaban J connectivity index is 1.96. The van der Waals surface area contributed by atoms with Crippen LogP contribution >= 0.6 is 0 Å². The second kappa shape index (κ2) is 4.48. The molecule has 0 aromatic carbocycles. The maximum absolute atomic E-state index is 12.0. The van der Waals surface area contributed by atoms with Gasteiger partial charge in [0.15, 0.2) is 9.84 Å². The second-order valence-electron chi connectivity index (χ2n) is 4.33. The Morgan fingerprint density at radius 3 is 2.94 bits per heavy atom. The molecule has 7 heteroatoms. The van der Waals surface area contributed by atoms with Crippen molar-refractivity contribution in [1.82, 2.24) is 14.9 Å². The molecule has 1 aromatic rings. The van der Waals surface area contributed by atoms with Crippen molar-refractivity contribution in [3.8, 4) is 0 Å². The van der Waals surface area contributed by atoms with Gasteiger partial charge in [0.2, 0.25) is 5.91 Å². The van der Waals surface area contributed by atoms with Gasteiger partial charge in [0, 0.05) is 19.4 Å². The fourth-order valence-electron chi connectivity index (χ4n) is 1.99. The molecule has 0 spiro atoms. The van der Waals surface area contributed by atoms with Gasteiger partial charge in [-0.15, -0.1) is 0 Å². The molecule has 1 saturated heterocycles.